The second-order valence-corrected chi connectivity index (χ2v) is 10.1. The van der Waals surface area contributed by atoms with Gasteiger partial charge in [-0.2, -0.15) is 0 Å². The van der Waals surface area contributed by atoms with E-state index in [9.17, 15) is 24.4 Å². The molecule has 3 rings (SSSR count). The summed E-state index contributed by atoms with van der Waals surface area (Å²) in [5, 5.41) is 17.5. The number of amides is 4. The Balaban J connectivity index is 2.44. The zero-order valence-corrected chi connectivity index (χ0v) is 21.8. The molecule has 2 heterocycles. The molecule has 0 unspecified atom stereocenters. The van der Waals surface area contributed by atoms with Gasteiger partial charge in [-0.3, -0.25) is 24.4 Å². The number of hydrogen-bond acceptors (Lipinski definition) is 6. The Bertz CT molecular complexity index is 902. The average Bonchev–Trinajstić information content (AvgIpc) is 2.84. The van der Waals surface area contributed by atoms with Crippen LogP contribution < -0.4 is 26.2 Å². The summed E-state index contributed by atoms with van der Waals surface area (Å²) in [7, 11) is 1.50. The first kappa shape index (κ1) is 29.1. The number of ether oxygens (including phenoxy) is 1. The molecule has 2 aliphatic rings. The van der Waals surface area contributed by atoms with Crippen LogP contribution in [0.2, 0.25) is 0 Å². The minimum atomic E-state index is -0.981. The average molecular weight is 505 g/mol. The lowest BCUT2D eigenvalue weighted by molar-refractivity contribution is -0.142. The predicted octanol–water partition coefficient (Wildman–Crippen LogP) is 1.56. The van der Waals surface area contributed by atoms with Gasteiger partial charge in [0.1, 0.15) is 17.8 Å². The van der Waals surface area contributed by atoms with Crippen molar-refractivity contribution in [2.75, 3.05) is 13.7 Å². The van der Waals surface area contributed by atoms with Crippen LogP contribution in [0.4, 0.5) is 0 Å². The van der Waals surface area contributed by atoms with Gasteiger partial charge < -0.3 is 20.7 Å². The van der Waals surface area contributed by atoms with E-state index in [2.05, 4.69) is 16.0 Å². The lowest BCUT2D eigenvalue weighted by Crippen LogP contribution is -2.57. The molecule has 0 saturated heterocycles. The highest BCUT2D eigenvalue weighted by Crippen LogP contribution is 2.27. The van der Waals surface area contributed by atoms with Crippen LogP contribution in [0, 0.1) is 23.7 Å². The molecule has 0 spiro atoms. The Morgan fingerprint density at radius 1 is 1.11 bits per heavy atom. The molecule has 1 aromatic rings. The summed E-state index contributed by atoms with van der Waals surface area (Å²) in [4.78, 5) is 51.9. The molecule has 0 radical (unpaired) electrons. The van der Waals surface area contributed by atoms with Crippen molar-refractivity contribution in [3.63, 3.8) is 0 Å². The monoisotopic (exact) mass is 504 g/mol. The molecule has 36 heavy (non-hydrogen) atoms. The number of hydrogen-bond donors (Lipinski definition) is 5. The van der Waals surface area contributed by atoms with Crippen molar-refractivity contribution < 1.29 is 29.1 Å². The highest BCUT2D eigenvalue weighted by molar-refractivity contribution is 5.94. The van der Waals surface area contributed by atoms with Crippen molar-refractivity contribution in [1.29, 1.82) is 0 Å². The summed E-state index contributed by atoms with van der Waals surface area (Å²) in [6, 6.07) is 5.49. The number of carbonyl (C=O) groups is 4. The number of fused-ring (bicyclic) bond motifs is 11. The zero-order chi connectivity index (χ0) is 26.8. The highest BCUT2D eigenvalue weighted by Gasteiger charge is 2.36. The van der Waals surface area contributed by atoms with Gasteiger partial charge in [0.2, 0.25) is 23.6 Å². The molecular weight excluding hydrogens is 464 g/mol. The molecule has 4 atom stereocenters. The van der Waals surface area contributed by atoms with Crippen LogP contribution in [-0.4, -0.2) is 54.6 Å². The molecule has 2 bridgehead atoms. The third-order valence-corrected chi connectivity index (χ3v) is 6.41. The fraction of sp³-hybridized carbons (Fsp3) is 0.615. The molecule has 200 valence electrons. The fourth-order valence-electron chi connectivity index (χ4n) is 4.44. The van der Waals surface area contributed by atoms with E-state index >= 15 is 0 Å². The van der Waals surface area contributed by atoms with Crippen LogP contribution in [-0.2, 0) is 25.6 Å². The molecule has 0 aromatic heterocycles. The Hall–Kier alpha value is -3.14. The van der Waals surface area contributed by atoms with Gasteiger partial charge in [0.05, 0.1) is 12.5 Å². The molecule has 10 nitrogen and oxygen atoms in total. The first-order valence-electron chi connectivity index (χ1n) is 12.5. The molecule has 5 N–H and O–H groups in total. The molecule has 4 amide bonds. The second-order valence-electron chi connectivity index (χ2n) is 10.1. The van der Waals surface area contributed by atoms with Gasteiger partial charge in [0.25, 0.3) is 0 Å². The van der Waals surface area contributed by atoms with Crippen LogP contribution in [0.5, 0.6) is 5.75 Å². The van der Waals surface area contributed by atoms with Crippen LogP contribution in [0.15, 0.2) is 24.3 Å². The second kappa shape index (κ2) is 13.8. The van der Waals surface area contributed by atoms with E-state index in [-0.39, 0.29) is 24.2 Å². The van der Waals surface area contributed by atoms with Crippen LogP contribution in [0.3, 0.4) is 0 Å². The van der Waals surface area contributed by atoms with E-state index in [4.69, 9.17) is 4.74 Å². The topological polar surface area (TPSA) is 146 Å². The van der Waals surface area contributed by atoms with Gasteiger partial charge in [-0.1, -0.05) is 39.8 Å². The summed E-state index contributed by atoms with van der Waals surface area (Å²) in [6.45, 7) is 7.88. The van der Waals surface area contributed by atoms with Gasteiger partial charge in [-0.05, 0) is 48.8 Å². The molecular formula is C26H40N4O6. The van der Waals surface area contributed by atoms with E-state index < -0.39 is 41.6 Å². The summed E-state index contributed by atoms with van der Waals surface area (Å²) in [6.07, 6.45) is 1.38. The van der Waals surface area contributed by atoms with Crippen molar-refractivity contribution >= 4 is 23.6 Å². The van der Waals surface area contributed by atoms with Gasteiger partial charge in [-0.25, -0.2) is 5.48 Å². The minimum absolute atomic E-state index is 0.0857. The summed E-state index contributed by atoms with van der Waals surface area (Å²) >= 11 is 0. The third kappa shape index (κ3) is 8.22. The Kier molecular flexibility index (Phi) is 11.2. The predicted molar refractivity (Wildman–Crippen MR) is 134 cm³/mol. The number of benzene rings is 1. The maximum absolute atomic E-state index is 13.6. The summed E-state index contributed by atoms with van der Waals surface area (Å²) in [5.74, 6) is -2.93. The number of rotatable bonds is 7. The summed E-state index contributed by atoms with van der Waals surface area (Å²) < 4.78 is 5.78. The van der Waals surface area contributed by atoms with Crippen molar-refractivity contribution in [3.05, 3.63) is 29.8 Å². The van der Waals surface area contributed by atoms with Crippen LogP contribution in [0.1, 0.15) is 52.5 Å². The Labute approximate surface area is 212 Å². The molecule has 2 aliphatic heterocycles. The third-order valence-electron chi connectivity index (χ3n) is 6.41. The lowest BCUT2D eigenvalue weighted by Gasteiger charge is -2.30. The van der Waals surface area contributed by atoms with E-state index in [0.29, 0.717) is 31.6 Å². The fourth-order valence-corrected chi connectivity index (χ4v) is 4.44. The first-order valence-corrected chi connectivity index (χ1v) is 12.5. The van der Waals surface area contributed by atoms with E-state index in [0.717, 1.165) is 5.56 Å². The maximum Gasteiger partial charge on any atom is 0.247 e. The normalized spacial score (nSPS) is 21.7. The Morgan fingerprint density at radius 3 is 2.33 bits per heavy atom. The smallest absolute Gasteiger partial charge is 0.247 e. The SMILES string of the molecule is CNC(=O)[C@H](NC(=O)[C@@H]1Cc2ccc(cc2)OCCC[C@H](C(=O)NO)[C@@H](CC(C)C)C(=O)N1)C(C)C. The number of nitrogens with one attached hydrogen (secondary N) is 4. The van der Waals surface area contributed by atoms with Crippen LogP contribution >= 0.6 is 0 Å². The number of hydroxylamine groups is 1. The molecule has 1 aromatic carbocycles. The quantitative estimate of drug-likeness (QED) is 0.281. The first-order chi connectivity index (χ1) is 17.1. The molecule has 0 aliphatic carbocycles. The highest BCUT2D eigenvalue weighted by atomic mass is 16.5. The van der Waals surface area contributed by atoms with E-state index in [1.54, 1.807) is 17.6 Å². The standard InChI is InChI=1S/C26H40N4O6/c1-15(2)13-20-19(24(32)30-35)7-6-12-36-18-10-8-17(9-11-18)14-21(28-23(20)31)25(33)29-22(16(3)4)26(34)27-5/h8-11,15-16,19-22,35H,6-7,12-14H2,1-5H3,(H,27,34)(H,28,31)(H,29,33)(H,30,32)/t19-,20+,21-,22+/m0/s1. The van der Waals surface area contributed by atoms with Crippen LogP contribution in [0.25, 0.3) is 0 Å². The molecule has 0 saturated carbocycles. The zero-order valence-electron chi connectivity index (χ0n) is 21.8. The van der Waals surface area contributed by atoms with Gasteiger partial charge in [-0.15, -0.1) is 0 Å². The number of likely N-dealkylation sites (N-methyl/N-ethyl adjacent to an activating group) is 1. The van der Waals surface area contributed by atoms with Gasteiger partial charge in [0.15, 0.2) is 0 Å². The van der Waals surface area contributed by atoms with Crippen molar-refractivity contribution in [3.8, 4) is 5.75 Å². The Morgan fingerprint density at radius 2 is 1.78 bits per heavy atom. The minimum Gasteiger partial charge on any atom is -0.494 e. The largest absolute Gasteiger partial charge is 0.494 e. The van der Waals surface area contributed by atoms with Crippen molar-refractivity contribution in [2.24, 2.45) is 23.7 Å². The van der Waals surface area contributed by atoms with E-state index in [1.807, 2.05) is 39.8 Å². The van der Waals surface area contributed by atoms with E-state index in [1.165, 1.54) is 7.05 Å². The van der Waals surface area contributed by atoms with Crippen molar-refractivity contribution in [1.82, 2.24) is 21.4 Å². The maximum atomic E-state index is 13.6. The van der Waals surface area contributed by atoms with Crippen molar-refractivity contribution in [2.45, 2.75) is 65.5 Å². The molecule has 0 fully saturated rings. The summed E-state index contributed by atoms with van der Waals surface area (Å²) in [5.41, 5.74) is 2.49. The van der Waals surface area contributed by atoms with Gasteiger partial charge >= 0.3 is 0 Å². The number of carbonyl (C=O) groups excluding carboxylic acids is 4. The molecule has 10 heteroatoms. The lowest BCUT2D eigenvalue weighted by atomic mass is 9.81. The van der Waals surface area contributed by atoms with Gasteiger partial charge in [0, 0.05) is 19.4 Å².